The number of nitrogens with zero attached hydrogens (tertiary/aromatic N) is 1. The van der Waals surface area contributed by atoms with E-state index in [9.17, 15) is 0 Å². The smallest absolute Gasteiger partial charge is 0.0443 e. The van der Waals surface area contributed by atoms with E-state index in [1.807, 2.05) is 23.7 Å². The zero-order chi connectivity index (χ0) is 13.6. The summed E-state index contributed by atoms with van der Waals surface area (Å²) in [5.74, 6) is 0.825. The molecule has 1 fully saturated rings. The monoisotopic (exact) mass is 286 g/mol. The van der Waals surface area contributed by atoms with E-state index in [1.165, 1.54) is 36.1 Å². The van der Waals surface area contributed by atoms with Crippen LogP contribution < -0.4 is 5.32 Å². The summed E-state index contributed by atoms with van der Waals surface area (Å²) >= 11 is 1.89. The fraction of sp³-hybridized carbons (Fsp3) is 0.471. The van der Waals surface area contributed by atoms with Gasteiger partial charge in [0.25, 0.3) is 0 Å². The number of rotatable bonds is 6. The van der Waals surface area contributed by atoms with Gasteiger partial charge >= 0.3 is 0 Å². The van der Waals surface area contributed by atoms with Gasteiger partial charge in [-0.2, -0.15) is 0 Å². The average molecular weight is 286 g/mol. The lowest BCUT2D eigenvalue weighted by Crippen LogP contribution is -2.28. The minimum absolute atomic E-state index is 0.555. The second-order valence-electron chi connectivity index (χ2n) is 5.60. The minimum Gasteiger partial charge on any atom is -0.309 e. The molecule has 2 aromatic rings. The number of hydrogen-bond acceptors (Lipinski definition) is 3. The second kappa shape index (κ2) is 7.00. The molecular formula is C17H22N2S. The van der Waals surface area contributed by atoms with Crippen molar-refractivity contribution in [2.24, 2.45) is 5.92 Å². The molecule has 0 bridgehead atoms. The first-order valence-electron chi connectivity index (χ1n) is 7.59. The van der Waals surface area contributed by atoms with Crippen LogP contribution in [0.25, 0.3) is 0 Å². The average Bonchev–Trinajstić information content (AvgIpc) is 3.18. The van der Waals surface area contributed by atoms with Crippen LogP contribution in [0.4, 0.5) is 0 Å². The predicted molar refractivity (Wildman–Crippen MR) is 85.0 cm³/mol. The molecule has 2 heterocycles. The van der Waals surface area contributed by atoms with E-state index < -0.39 is 0 Å². The number of thiophene rings is 1. The SMILES string of the molecule is c1csc(C(NCCc2ccncc2)C2CCCC2)c1. The third-order valence-electron chi connectivity index (χ3n) is 4.25. The molecule has 2 nitrogen and oxygen atoms in total. The Hall–Kier alpha value is -1.19. The summed E-state index contributed by atoms with van der Waals surface area (Å²) in [5.41, 5.74) is 1.36. The number of pyridine rings is 1. The maximum Gasteiger partial charge on any atom is 0.0443 e. The molecule has 1 atom stereocenters. The van der Waals surface area contributed by atoms with Gasteiger partial charge in [0.15, 0.2) is 0 Å². The van der Waals surface area contributed by atoms with E-state index in [2.05, 4.69) is 39.9 Å². The molecule has 0 spiro atoms. The van der Waals surface area contributed by atoms with Gasteiger partial charge in [0.05, 0.1) is 0 Å². The molecule has 106 valence electrons. The van der Waals surface area contributed by atoms with E-state index in [0.717, 1.165) is 18.9 Å². The van der Waals surface area contributed by atoms with E-state index in [-0.39, 0.29) is 0 Å². The van der Waals surface area contributed by atoms with Crippen molar-refractivity contribution in [2.45, 2.75) is 38.1 Å². The van der Waals surface area contributed by atoms with Crippen LogP contribution in [-0.2, 0) is 6.42 Å². The topological polar surface area (TPSA) is 24.9 Å². The van der Waals surface area contributed by atoms with Crippen LogP contribution in [0, 0.1) is 5.92 Å². The van der Waals surface area contributed by atoms with Gasteiger partial charge in [-0.05, 0) is 60.9 Å². The summed E-state index contributed by atoms with van der Waals surface area (Å²) in [7, 11) is 0. The summed E-state index contributed by atoms with van der Waals surface area (Å²) in [6.45, 7) is 1.04. The van der Waals surface area contributed by atoms with Crippen LogP contribution in [0.3, 0.4) is 0 Å². The molecule has 0 amide bonds. The fourth-order valence-electron chi connectivity index (χ4n) is 3.18. The summed E-state index contributed by atoms with van der Waals surface area (Å²) < 4.78 is 0. The van der Waals surface area contributed by atoms with Gasteiger partial charge in [0.1, 0.15) is 0 Å². The van der Waals surface area contributed by atoms with Gasteiger partial charge in [-0.25, -0.2) is 0 Å². The first-order valence-corrected chi connectivity index (χ1v) is 8.47. The predicted octanol–water partition coefficient (Wildman–Crippen LogP) is 4.21. The van der Waals surface area contributed by atoms with Crippen LogP contribution >= 0.6 is 11.3 Å². The van der Waals surface area contributed by atoms with Crippen LogP contribution in [0.2, 0.25) is 0 Å². The Morgan fingerprint density at radius 2 is 2.00 bits per heavy atom. The molecule has 2 aromatic heterocycles. The number of hydrogen-bond donors (Lipinski definition) is 1. The van der Waals surface area contributed by atoms with Crippen molar-refractivity contribution in [1.29, 1.82) is 0 Å². The second-order valence-corrected chi connectivity index (χ2v) is 6.58. The van der Waals surface area contributed by atoms with Crippen molar-refractivity contribution in [3.05, 3.63) is 52.5 Å². The molecule has 1 aliphatic rings. The van der Waals surface area contributed by atoms with Crippen molar-refractivity contribution in [3.8, 4) is 0 Å². The Balaban J connectivity index is 1.59. The van der Waals surface area contributed by atoms with Gasteiger partial charge in [0, 0.05) is 23.3 Å². The first kappa shape index (κ1) is 13.8. The molecule has 20 heavy (non-hydrogen) atoms. The van der Waals surface area contributed by atoms with Crippen LogP contribution in [0.5, 0.6) is 0 Å². The number of aromatic nitrogens is 1. The lowest BCUT2D eigenvalue weighted by molar-refractivity contribution is 0.374. The van der Waals surface area contributed by atoms with E-state index in [0.29, 0.717) is 6.04 Å². The normalized spacial score (nSPS) is 17.4. The molecule has 1 saturated carbocycles. The van der Waals surface area contributed by atoms with Crippen molar-refractivity contribution < 1.29 is 0 Å². The summed E-state index contributed by atoms with van der Waals surface area (Å²) in [4.78, 5) is 5.58. The molecule has 0 radical (unpaired) electrons. The van der Waals surface area contributed by atoms with Crippen molar-refractivity contribution in [3.63, 3.8) is 0 Å². The van der Waals surface area contributed by atoms with Crippen molar-refractivity contribution in [1.82, 2.24) is 10.3 Å². The molecule has 3 rings (SSSR count). The Labute approximate surface area is 125 Å². The zero-order valence-corrected chi connectivity index (χ0v) is 12.6. The van der Waals surface area contributed by atoms with Crippen molar-refractivity contribution >= 4 is 11.3 Å². The lowest BCUT2D eigenvalue weighted by Gasteiger charge is -2.24. The van der Waals surface area contributed by atoms with E-state index in [1.54, 1.807) is 0 Å². The molecule has 1 N–H and O–H groups in total. The summed E-state index contributed by atoms with van der Waals surface area (Å²) in [5, 5.41) is 6.00. The maximum absolute atomic E-state index is 4.07. The summed E-state index contributed by atoms with van der Waals surface area (Å²) in [6.07, 6.45) is 10.4. The lowest BCUT2D eigenvalue weighted by atomic mass is 9.96. The molecule has 1 aliphatic carbocycles. The van der Waals surface area contributed by atoms with Gasteiger partial charge in [0.2, 0.25) is 0 Å². The Kier molecular flexibility index (Phi) is 4.82. The van der Waals surface area contributed by atoms with E-state index >= 15 is 0 Å². The summed E-state index contributed by atoms with van der Waals surface area (Å²) in [6, 6.07) is 9.23. The Morgan fingerprint density at radius 1 is 1.20 bits per heavy atom. The molecular weight excluding hydrogens is 264 g/mol. The van der Waals surface area contributed by atoms with E-state index in [4.69, 9.17) is 0 Å². The highest BCUT2D eigenvalue weighted by molar-refractivity contribution is 7.10. The quantitative estimate of drug-likeness (QED) is 0.860. The molecule has 0 saturated heterocycles. The maximum atomic E-state index is 4.07. The highest BCUT2D eigenvalue weighted by Crippen LogP contribution is 2.37. The number of nitrogens with one attached hydrogen (secondary N) is 1. The fourth-order valence-corrected chi connectivity index (χ4v) is 4.07. The molecule has 0 aromatic carbocycles. The van der Waals surface area contributed by atoms with Crippen LogP contribution in [-0.4, -0.2) is 11.5 Å². The third kappa shape index (κ3) is 3.47. The molecule has 3 heteroatoms. The standard InChI is InChI=1S/C17H22N2S/c1-2-5-15(4-1)17(16-6-3-13-20-16)19-12-9-14-7-10-18-11-8-14/h3,6-8,10-11,13,15,17,19H,1-2,4-5,9,12H2. The third-order valence-corrected chi connectivity index (χ3v) is 5.20. The van der Waals surface area contributed by atoms with Gasteiger partial charge in [-0.15, -0.1) is 11.3 Å². The Bertz CT molecular complexity index is 489. The minimum atomic E-state index is 0.555. The Morgan fingerprint density at radius 3 is 2.70 bits per heavy atom. The van der Waals surface area contributed by atoms with Crippen molar-refractivity contribution in [2.75, 3.05) is 6.54 Å². The van der Waals surface area contributed by atoms with Gasteiger partial charge in [-0.1, -0.05) is 18.9 Å². The highest BCUT2D eigenvalue weighted by Gasteiger charge is 2.26. The largest absolute Gasteiger partial charge is 0.309 e. The van der Waals surface area contributed by atoms with Gasteiger partial charge < -0.3 is 5.32 Å². The van der Waals surface area contributed by atoms with Crippen LogP contribution in [0.1, 0.15) is 42.2 Å². The van der Waals surface area contributed by atoms with Crippen LogP contribution in [0.15, 0.2) is 42.0 Å². The molecule has 1 unspecified atom stereocenters. The van der Waals surface area contributed by atoms with Gasteiger partial charge in [-0.3, -0.25) is 4.98 Å². The first-order chi connectivity index (χ1) is 9.93. The molecule has 0 aliphatic heterocycles. The zero-order valence-electron chi connectivity index (χ0n) is 11.8. The highest BCUT2D eigenvalue weighted by atomic mass is 32.1.